The number of benzene rings is 2. The number of methoxy groups -OCH3 is 2. The lowest BCUT2D eigenvalue weighted by Crippen LogP contribution is -2.24. The molecule has 0 aliphatic heterocycles. The minimum atomic E-state index is -0.694. The second-order valence-corrected chi connectivity index (χ2v) is 11.1. The van der Waals surface area contributed by atoms with Crippen LogP contribution in [-0.2, 0) is 6.42 Å². The Balaban J connectivity index is 1.46. The number of Topliss-reactive ketones (excluding diaryl/α,β-unsaturated/α-hetero) is 1. The molecule has 11 heteroatoms. The first-order valence-electron chi connectivity index (χ1n) is 13.6. The van der Waals surface area contributed by atoms with Gasteiger partial charge in [-0.1, -0.05) is 35.3 Å². The van der Waals surface area contributed by atoms with E-state index in [1.807, 2.05) is 25.3 Å². The summed E-state index contributed by atoms with van der Waals surface area (Å²) < 4.78 is 33.6. The van der Waals surface area contributed by atoms with Crippen molar-refractivity contribution in [2.45, 2.75) is 33.2 Å². The highest BCUT2D eigenvalue weighted by molar-refractivity contribution is 6.42. The molecule has 3 aromatic heterocycles. The molecular weight excluding hydrogens is 608 g/mol. The summed E-state index contributed by atoms with van der Waals surface area (Å²) in [6.45, 7) is 5.72. The summed E-state index contributed by atoms with van der Waals surface area (Å²) in [6, 6.07) is 12.3. The lowest BCUT2D eigenvalue weighted by Gasteiger charge is -2.20. The normalized spacial score (nSPS) is 11.2. The van der Waals surface area contributed by atoms with Gasteiger partial charge in [0, 0.05) is 48.2 Å². The summed E-state index contributed by atoms with van der Waals surface area (Å²) in [7, 11) is 2.94. The lowest BCUT2D eigenvalue weighted by molar-refractivity contribution is 0.0991. The number of carbonyl (C=O) groups is 1. The maximum absolute atomic E-state index is 15.3. The summed E-state index contributed by atoms with van der Waals surface area (Å²) >= 11 is 12.3. The van der Waals surface area contributed by atoms with Crippen LogP contribution in [0.15, 0.2) is 65.7 Å². The van der Waals surface area contributed by atoms with E-state index in [9.17, 15) is 9.59 Å². The van der Waals surface area contributed by atoms with Crippen molar-refractivity contribution in [1.29, 1.82) is 0 Å². The van der Waals surface area contributed by atoms with Crippen molar-refractivity contribution in [2.75, 3.05) is 14.2 Å². The highest BCUT2D eigenvalue weighted by Crippen LogP contribution is 2.35. The van der Waals surface area contributed by atoms with Gasteiger partial charge in [-0.15, -0.1) is 0 Å². The number of carbonyl (C=O) groups excluding carboxylic acids is 1. The van der Waals surface area contributed by atoms with Crippen molar-refractivity contribution in [3.8, 4) is 34.3 Å². The number of ketones is 1. The highest BCUT2D eigenvalue weighted by Gasteiger charge is 2.22. The van der Waals surface area contributed by atoms with Crippen molar-refractivity contribution < 1.29 is 23.4 Å². The third-order valence-electron chi connectivity index (χ3n) is 7.16. The Morgan fingerprint density at radius 3 is 2.41 bits per heavy atom. The van der Waals surface area contributed by atoms with Crippen LogP contribution in [0.2, 0.25) is 10.0 Å². The number of halogens is 3. The Morgan fingerprint density at radius 2 is 1.75 bits per heavy atom. The number of pyridine rings is 3. The smallest absolute Gasteiger partial charge is 0.257 e. The molecule has 0 unspecified atom stereocenters. The molecule has 226 valence electrons. The second-order valence-electron chi connectivity index (χ2n) is 10.3. The van der Waals surface area contributed by atoms with Gasteiger partial charge in [0.05, 0.1) is 35.3 Å². The molecule has 44 heavy (non-hydrogen) atoms. The van der Waals surface area contributed by atoms with E-state index in [2.05, 4.69) is 9.97 Å². The van der Waals surface area contributed by atoms with Crippen molar-refractivity contribution in [2.24, 2.45) is 0 Å². The van der Waals surface area contributed by atoms with Crippen LogP contribution in [0.1, 0.15) is 41.5 Å². The molecule has 0 amide bonds. The Kier molecular flexibility index (Phi) is 8.90. The first kappa shape index (κ1) is 31.0. The summed E-state index contributed by atoms with van der Waals surface area (Å²) in [4.78, 5) is 35.9. The average Bonchev–Trinajstić information content (AvgIpc) is 2.99. The van der Waals surface area contributed by atoms with Gasteiger partial charge in [0.25, 0.3) is 5.88 Å². The van der Waals surface area contributed by atoms with E-state index in [1.54, 1.807) is 42.6 Å². The first-order chi connectivity index (χ1) is 21.0. The van der Waals surface area contributed by atoms with Crippen LogP contribution < -0.4 is 19.6 Å². The number of hydrogen-bond donors (Lipinski definition) is 0. The Morgan fingerprint density at radius 1 is 0.977 bits per heavy atom. The van der Waals surface area contributed by atoms with Gasteiger partial charge >= 0.3 is 0 Å². The van der Waals surface area contributed by atoms with Crippen LogP contribution in [0.5, 0.6) is 23.1 Å². The van der Waals surface area contributed by atoms with Crippen LogP contribution >= 0.6 is 23.2 Å². The fourth-order valence-corrected chi connectivity index (χ4v) is 5.27. The fourth-order valence-electron chi connectivity index (χ4n) is 4.97. The molecule has 5 rings (SSSR count). The van der Waals surface area contributed by atoms with E-state index in [0.717, 1.165) is 0 Å². The van der Waals surface area contributed by atoms with E-state index in [0.29, 0.717) is 49.2 Å². The molecule has 0 N–H and O–H groups in total. The zero-order valence-corrected chi connectivity index (χ0v) is 26.1. The number of aromatic nitrogens is 3. The number of hydrogen-bond acceptors (Lipinski definition) is 7. The van der Waals surface area contributed by atoms with Gasteiger partial charge in [0.2, 0.25) is 0 Å². The zero-order chi connectivity index (χ0) is 31.7. The van der Waals surface area contributed by atoms with Gasteiger partial charge in [0.1, 0.15) is 5.52 Å². The van der Waals surface area contributed by atoms with Gasteiger partial charge in [-0.25, -0.2) is 9.37 Å². The quantitative estimate of drug-likeness (QED) is 0.151. The van der Waals surface area contributed by atoms with Gasteiger partial charge in [0.15, 0.2) is 34.3 Å². The van der Waals surface area contributed by atoms with Crippen LogP contribution in [-0.4, -0.2) is 34.5 Å². The molecular formula is C33H28Cl2FN3O5. The van der Waals surface area contributed by atoms with Crippen molar-refractivity contribution in [3.63, 3.8) is 0 Å². The molecule has 0 spiro atoms. The maximum atomic E-state index is 15.3. The molecule has 0 radical (unpaired) electrons. The average molecular weight is 637 g/mol. The maximum Gasteiger partial charge on any atom is 0.257 e. The molecule has 3 heterocycles. The Bertz CT molecular complexity index is 1980. The molecule has 0 saturated heterocycles. The van der Waals surface area contributed by atoms with Gasteiger partial charge in [-0.2, -0.15) is 0 Å². The first-order valence-corrected chi connectivity index (χ1v) is 14.4. The molecule has 2 aromatic carbocycles. The molecule has 0 bridgehead atoms. The number of nitrogens with zero attached hydrogens (tertiary/aromatic N) is 3. The van der Waals surface area contributed by atoms with Crippen LogP contribution in [0.25, 0.3) is 22.2 Å². The minimum absolute atomic E-state index is 0.00943. The third-order valence-corrected chi connectivity index (χ3v) is 7.89. The Hall–Kier alpha value is -4.47. The minimum Gasteiger partial charge on any atom is -0.491 e. The molecule has 0 saturated carbocycles. The van der Waals surface area contributed by atoms with E-state index in [4.69, 9.17) is 37.4 Å². The lowest BCUT2D eigenvalue weighted by atomic mass is 9.97. The summed E-state index contributed by atoms with van der Waals surface area (Å²) in [6.07, 6.45) is 2.86. The monoisotopic (exact) mass is 635 g/mol. The van der Waals surface area contributed by atoms with E-state index in [-0.39, 0.29) is 35.4 Å². The predicted octanol–water partition coefficient (Wildman–Crippen LogP) is 8.03. The second kappa shape index (κ2) is 12.6. The molecule has 5 aromatic rings. The van der Waals surface area contributed by atoms with E-state index in [1.165, 1.54) is 32.5 Å². The summed E-state index contributed by atoms with van der Waals surface area (Å²) in [5, 5.41) is 0.648. The van der Waals surface area contributed by atoms with Gasteiger partial charge < -0.3 is 18.8 Å². The molecule has 0 fully saturated rings. The van der Waals surface area contributed by atoms with Crippen LogP contribution in [0.4, 0.5) is 4.39 Å². The number of fused-ring (bicyclic) bond motifs is 1. The standard InChI is InChI=1S/C33H28Cl2FN3O5/c1-17(2)39-16-21(32(41)30(18(39)3)20-7-8-22(34)23(35)14-20)26(40)13-19-6-9-27(24(36)12-19)44-28-10-11-37-25-15-29(42-4)33(43-5)38-31(25)28/h6-12,14-17H,13H2,1-5H3. The Labute approximate surface area is 263 Å². The largest absolute Gasteiger partial charge is 0.491 e. The van der Waals surface area contributed by atoms with Gasteiger partial charge in [-0.3, -0.25) is 14.6 Å². The number of rotatable bonds is 9. The van der Waals surface area contributed by atoms with Crippen molar-refractivity contribution in [3.05, 3.63) is 104 Å². The fraction of sp³-hybridized carbons (Fsp3) is 0.212. The van der Waals surface area contributed by atoms with E-state index >= 15 is 4.39 Å². The summed E-state index contributed by atoms with van der Waals surface area (Å²) in [5.74, 6) is -0.359. The van der Waals surface area contributed by atoms with Gasteiger partial charge in [-0.05, 0) is 56.2 Å². The predicted molar refractivity (Wildman–Crippen MR) is 168 cm³/mol. The summed E-state index contributed by atoms with van der Waals surface area (Å²) in [5.41, 5.74) is 2.32. The van der Waals surface area contributed by atoms with E-state index < -0.39 is 17.0 Å². The molecule has 0 aliphatic carbocycles. The van der Waals surface area contributed by atoms with Crippen LogP contribution in [0, 0.1) is 12.7 Å². The highest BCUT2D eigenvalue weighted by atomic mass is 35.5. The molecule has 8 nitrogen and oxygen atoms in total. The molecule has 0 atom stereocenters. The van der Waals surface area contributed by atoms with Crippen LogP contribution in [0.3, 0.4) is 0 Å². The van der Waals surface area contributed by atoms with Crippen molar-refractivity contribution in [1.82, 2.24) is 14.5 Å². The zero-order valence-electron chi connectivity index (χ0n) is 24.6. The topological polar surface area (TPSA) is 92.5 Å². The SMILES string of the molecule is COc1cc2nccc(Oc3ccc(CC(=O)c4cn(C(C)C)c(C)c(-c5ccc(Cl)c(Cl)c5)c4=O)cc3F)c2nc1OC. The molecule has 0 aliphatic rings. The number of ether oxygens (including phenoxy) is 3. The third kappa shape index (κ3) is 5.98. The van der Waals surface area contributed by atoms with Crippen molar-refractivity contribution >= 4 is 40.0 Å².